The average molecular weight is 312 g/mol. The van der Waals surface area contributed by atoms with Gasteiger partial charge in [-0.05, 0) is 26.3 Å². The molecule has 0 aliphatic rings. The van der Waals surface area contributed by atoms with Gasteiger partial charge in [-0.25, -0.2) is 13.2 Å². The van der Waals surface area contributed by atoms with Gasteiger partial charge in [-0.3, -0.25) is 0 Å². The van der Waals surface area contributed by atoms with Crippen LogP contribution in [0.1, 0.15) is 36.6 Å². The largest absolute Gasteiger partial charge is 0.337 e. The lowest BCUT2D eigenvalue weighted by molar-refractivity contribution is 0.238. The Hall–Kier alpha value is -1.56. The van der Waals surface area contributed by atoms with Crippen LogP contribution in [0.15, 0.2) is 18.2 Å². The minimum absolute atomic E-state index is 0.0329. The molecule has 0 saturated carbocycles. The maximum Gasteiger partial charge on any atom is 0.315 e. The molecule has 0 spiro atoms. The van der Waals surface area contributed by atoms with E-state index in [1.807, 2.05) is 32.9 Å². The molecule has 1 atom stereocenters. The van der Waals surface area contributed by atoms with Crippen LogP contribution in [0.3, 0.4) is 0 Å². The van der Waals surface area contributed by atoms with E-state index >= 15 is 0 Å². The second-order valence-electron chi connectivity index (χ2n) is 5.28. The lowest BCUT2D eigenvalue weighted by atomic mass is 10.0. The number of amides is 2. The van der Waals surface area contributed by atoms with Crippen molar-refractivity contribution in [1.82, 2.24) is 10.6 Å². The molecule has 1 rings (SSSR count). The number of nitrogens with one attached hydrogen (secondary N) is 2. The molecule has 0 fully saturated rings. The van der Waals surface area contributed by atoms with Crippen LogP contribution in [0, 0.1) is 13.8 Å². The molecule has 0 heterocycles. The van der Waals surface area contributed by atoms with Gasteiger partial charge in [0.25, 0.3) is 0 Å². The quantitative estimate of drug-likeness (QED) is 0.844. The number of rotatable bonds is 6. The minimum atomic E-state index is -3.05. The molecule has 5 nitrogen and oxygen atoms in total. The van der Waals surface area contributed by atoms with E-state index in [2.05, 4.69) is 16.7 Å². The van der Waals surface area contributed by atoms with E-state index in [4.69, 9.17) is 0 Å². The van der Waals surface area contributed by atoms with Crippen LogP contribution >= 0.6 is 0 Å². The number of hydrogen-bond acceptors (Lipinski definition) is 3. The lowest BCUT2D eigenvalue weighted by Gasteiger charge is -2.16. The van der Waals surface area contributed by atoms with Crippen LogP contribution in [0.2, 0.25) is 0 Å². The zero-order chi connectivity index (χ0) is 16.0. The SMILES string of the molecule is CCS(=O)(=O)CCNC(=O)NC(C)c1cc(C)cc(C)c1. The summed E-state index contributed by atoms with van der Waals surface area (Å²) in [5.41, 5.74) is 3.32. The topological polar surface area (TPSA) is 75.3 Å². The van der Waals surface area contributed by atoms with E-state index < -0.39 is 9.84 Å². The molecule has 6 heteroatoms. The maximum absolute atomic E-state index is 11.8. The number of sulfone groups is 1. The zero-order valence-electron chi connectivity index (χ0n) is 13.1. The van der Waals surface area contributed by atoms with Gasteiger partial charge in [-0.1, -0.05) is 36.2 Å². The van der Waals surface area contributed by atoms with Gasteiger partial charge < -0.3 is 10.6 Å². The van der Waals surface area contributed by atoms with Crippen LogP contribution in [0.5, 0.6) is 0 Å². The van der Waals surface area contributed by atoms with E-state index in [1.165, 1.54) is 0 Å². The molecule has 0 radical (unpaired) electrons. The molecule has 1 aromatic carbocycles. The summed E-state index contributed by atoms with van der Waals surface area (Å²) in [6.45, 7) is 7.65. The first kappa shape index (κ1) is 17.5. The average Bonchev–Trinajstić information content (AvgIpc) is 2.37. The van der Waals surface area contributed by atoms with Crippen molar-refractivity contribution in [1.29, 1.82) is 0 Å². The predicted molar refractivity (Wildman–Crippen MR) is 85.2 cm³/mol. The van der Waals surface area contributed by atoms with Crippen LogP contribution in [-0.2, 0) is 9.84 Å². The predicted octanol–water partition coefficient (Wildman–Crippen LogP) is 2.10. The Morgan fingerprint density at radius 3 is 2.29 bits per heavy atom. The summed E-state index contributed by atoms with van der Waals surface area (Å²) in [4.78, 5) is 11.8. The number of carbonyl (C=O) groups is 1. The van der Waals surface area contributed by atoms with Gasteiger partial charge in [0.15, 0.2) is 9.84 Å². The Balaban J connectivity index is 2.51. The Kier molecular flexibility index (Phi) is 6.20. The van der Waals surface area contributed by atoms with Gasteiger partial charge in [0.1, 0.15) is 0 Å². The van der Waals surface area contributed by atoms with Crippen molar-refractivity contribution in [2.75, 3.05) is 18.1 Å². The van der Waals surface area contributed by atoms with Gasteiger partial charge in [-0.2, -0.15) is 0 Å². The summed E-state index contributed by atoms with van der Waals surface area (Å²) in [6, 6.07) is 5.64. The summed E-state index contributed by atoms with van der Waals surface area (Å²) in [7, 11) is -3.05. The number of urea groups is 1. The highest BCUT2D eigenvalue weighted by molar-refractivity contribution is 7.91. The van der Waals surface area contributed by atoms with Gasteiger partial charge in [-0.15, -0.1) is 0 Å². The summed E-state index contributed by atoms with van der Waals surface area (Å²) in [6.07, 6.45) is 0. The monoisotopic (exact) mass is 312 g/mol. The smallest absolute Gasteiger partial charge is 0.315 e. The first-order valence-electron chi connectivity index (χ1n) is 7.06. The molecule has 2 N–H and O–H groups in total. The second-order valence-corrected chi connectivity index (χ2v) is 7.75. The molecule has 0 aliphatic carbocycles. The fraction of sp³-hybridized carbons (Fsp3) is 0.533. The van der Waals surface area contributed by atoms with E-state index in [-0.39, 0.29) is 30.1 Å². The Bertz CT molecular complexity index is 577. The maximum atomic E-state index is 11.8. The summed E-state index contributed by atoms with van der Waals surface area (Å²) >= 11 is 0. The third kappa shape index (κ3) is 6.16. The molecular formula is C15H24N2O3S. The minimum Gasteiger partial charge on any atom is -0.337 e. The van der Waals surface area contributed by atoms with Gasteiger partial charge >= 0.3 is 6.03 Å². The first-order chi connectivity index (χ1) is 9.73. The van der Waals surface area contributed by atoms with Crippen molar-refractivity contribution in [2.45, 2.75) is 33.7 Å². The molecule has 0 bridgehead atoms. The van der Waals surface area contributed by atoms with E-state index in [1.54, 1.807) is 6.92 Å². The molecular weight excluding hydrogens is 288 g/mol. The number of aryl methyl sites for hydroxylation is 2. The van der Waals surface area contributed by atoms with Crippen LogP contribution in [0.25, 0.3) is 0 Å². The molecule has 1 aromatic rings. The van der Waals surface area contributed by atoms with Crippen molar-refractivity contribution < 1.29 is 13.2 Å². The van der Waals surface area contributed by atoms with E-state index in [9.17, 15) is 13.2 Å². The molecule has 1 unspecified atom stereocenters. The number of carbonyl (C=O) groups excluding carboxylic acids is 1. The van der Waals surface area contributed by atoms with Crippen molar-refractivity contribution in [3.8, 4) is 0 Å². The molecule has 21 heavy (non-hydrogen) atoms. The number of benzene rings is 1. The van der Waals surface area contributed by atoms with E-state index in [0.29, 0.717) is 0 Å². The Morgan fingerprint density at radius 2 is 1.76 bits per heavy atom. The Morgan fingerprint density at radius 1 is 1.19 bits per heavy atom. The fourth-order valence-electron chi connectivity index (χ4n) is 2.06. The third-order valence-corrected chi connectivity index (χ3v) is 4.94. The van der Waals surface area contributed by atoms with Gasteiger partial charge in [0.05, 0.1) is 11.8 Å². The second kappa shape index (κ2) is 7.45. The Labute approximate surface area is 127 Å². The molecule has 2 amide bonds. The molecule has 0 aliphatic heterocycles. The van der Waals surface area contributed by atoms with Gasteiger partial charge in [0.2, 0.25) is 0 Å². The standard InChI is InChI=1S/C15H24N2O3S/c1-5-21(19,20)7-6-16-15(18)17-13(4)14-9-11(2)8-12(3)10-14/h8-10,13H,5-7H2,1-4H3,(H2,16,17,18). The highest BCUT2D eigenvalue weighted by Crippen LogP contribution is 2.16. The molecule has 0 aromatic heterocycles. The zero-order valence-corrected chi connectivity index (χ0v) is 13.9. The van der Waals surface area contributed by atoms with Crippen molar-refractivity contribution in [3.05, 3.63) is 34.9 Å². The first-order valence-corrected chi connectivity index (χ1v) is 8.88. The number of hydrogen-bond donors (Lipinski definition) is 2. The van der Waals surface area contributed by atoms with Crippen molar-refractivity contribution in [3.63, 3.8) is 0 Å². The molecule has 0 saturated heterocycles. The van der Waals surface area contributed by atoms with E-state index in [0.717, 1.165) is 16.7 Å². The summed E-state index contributed by atoms with van der Waals surface area (Å²) in [5.74, 6) is 0.0596. The lowest BCUT2D eigenvalue weighted by Crippen LogP contribution is -2.39. The van der Waals surface area contributed by atoms with Crippen LogP contribution < -0.4 is 10.6 Å². The normalized spacial score (nSPS) is 12.8. The third-order valence-electron chi connectivity index (χ3n) is 3.23. The van der Waals surface area contributed by atoms with Crippen LogP contribution in [-0.4, -0.2) is 32.5 Å². The van der Waals surface area contributed by atoms with Crippen LogP contribution in [0.4, 0.5) is 4.79 Å². The fourth-order valence-corrected chi connectivity index (χ4v) is 2.76. The summed E-state index contributed by atoms with van der Waals surface area (Å²) in [5, 5.41) is 5.38. The van der Waals surface area contributed by atoms with Crippen molar-refractivity contribution in [2.24, 2.45) is 0 Å². The highest BCUT2D eigenvalue weighted by Gasteiger charge is 2.11. The molecule has 118 valence electrons. The highest BCUT2D eigenvalue weighted by atomic mass is 32.2. The van der Waals surface area contributed by atoms with Crippen molar-refractivity contribution >= 4 is 15.9 Å². The summed E-state index contributed by atoms with van der Waals surface area (Å²) < 4.78 is 22.7. The van der Waals surface area contributed by atoms with Gasteiger partial charge in [0, 0.05) is 12.3 Å².